The first-order valence-corrected chi connectivity index (χ1v) is 9.21. The third kappa shape index (κ3) is 3.56. The first-order chi connectivity index (χ1) is 13.1. The van der Waals surface area contributed by atoms with E-state index in [9.17, 15) is 4.79 Å². The molecule has 27 heavy (non-hydrogen) atoms. The molecule has 0 bridgehead atoms. The molecule has 6 heteroatoms. The van der Waals surface area contributed by atoms with Gasteiger partial charge in [-0.15, -0.1) is 0 Å². The minimum absolute atomic E-state index is 0.143. The molecule has 1 aliphatic rings. The van der Waals surface area contributed by atoms with Gasteiger partial charge in [-0.25, -0.2) is 4.98 Å². The van der Waals surface area contributed by atoms with Crippen molar-refractivity contribution >= 4 is 28.3 Å². The van der Waals surface area contributed by atoms with Gasteiger partial charge < -0.3 is 15.5 Å². The fraction of sp³-hybridized carbons (Fsp3) is 0.286. The molecule has 0 saturated carbocycles. The van der Waals surface area contributed by atoms with Gasteiger partial charge >= 0.3 is 0 Å². The molecule has 0 fully saturated rings. The Morgan fingerprint density at radius 2 is 2.00 bits per heavy atom. The Morgan fingerprint density at radius 1 is 1.15 bits per heavy atom. The lowest BCUT2D eigenvalue weighted by atomic mass is 10.1. The largest absolute Gasteiger partial charge is 0.383 e. The standard InChI is InChI=1S/C21H23N5O/c1-14-13-19(16-5-3-4-6-17(16)24-14)22-10-11-23-21(27)18-8-7-15-9-12-26(2)20(15)25-18/h3-8,13H,9-12H2,1-2H3,(H,22,24)(H,23,27). The minimum atomic E-state index is -0.143. The smallest absolute Gasteiger partial charge is 0.270 e. The zero-order valence-electron chi connectivity index (χ0n) is 15.6. The van der Waals surface area contributed by atoms with Crippen molar-refractivity contribution in [3.63, 3.8) is 0 Å². The van der Waals surface area contributed by atoms with Crippen LogP contribution in [0.3, 0.4) is 0 Å². The summed E-state index contributed by atoms with van der Waals surface area (Å²) in [6, 6.07) is 13.9. The lowest BCUT2D eigenvalue weighted by Crippen LogP contribution is -2.29. The second kappa shape index (κ2) is 7.23. The van der Waals surface area contributed by atoms with Gasteiger partial charge in [0.2, 0.25) is 0 Å². The van der Waals surface area contributed by atoms with E-state index in [0.29, 0.717) is 18.8 Å². The van der Waals surface area contributed by atoms with Crippen LogP contribution in [-0.2, 0) is 6.42 Å². The number of carbonyl (C=O) groups is 1. The molecule has 0 spiro atoms. The van der Waals surface area contributed by atoms with Crippen molar-refractivity contribution in [2.24, 2.45) is 0 Å². The molecule has 6 nitrogen and oxygen atoms in total. The number of amides is 1. The molecule has 138 valence electrons. The van der Waals surface area contributed by atoms with Crippen molar-refractivity contribution in [2.75, 3.05) is 36.9 Å². The van der Waals surface area contributed by atoms with Crippen molar-refractivity contribution in [2.45, 2.75) is 13.3 Å². The summed E-state index contributed by atoms with van der Waals surface area (Å²) in [5, 5.41) is 7.42. The van der Waals surface area contributed by atoms with Gasteiger partial charge in [0.25, 0.3) is 5.91 Å². The zero-order valence-corrected chi connectivity index (χ0v) is 15.6. The predicted molar refractivity (Wildman–Crippen MR) is 109 cm³/mol. The highest BCUT2D eigenvalue weighted by Crippen LogP contribution is 2.24. The Balaban J connectivity index is 1.37. The van der Waals surface area contributed by atoms with E-state index in [0.717, 1.165) is 41.1 Å². The van der Waals surface area contributed by atoms with Gasteiger partial charge in [-0.1, -0.05) is 24.3 Å². The number of carbonyl (C=O) groups excluding carboxylic acids is 1. The van der Waals surface area contributed by atoms with Crippen molar-refractivity contribution < 1.29 is 4.79 Å². The van der Waals surface area contributed by atoms with E-state index in [2.05, 4.69) is 25.5 Å². The Bertz CT molecular complexity index is 1000. The number of pyridine rings is 2. The highest BCUT2D eigenvalue weighted by molar-refractivity contribution is 5.93. The summed E-state index contributed by atoms with van der Waals surface area (Å²) in [6.07, 6.45) is 0.990. The quantitative estimate of drug-likeness (QED) is 0.684. The van der Waals surface area contributed by atoms with Crippen LogP contribution < -0.4 is 15.5 Å². The number of aromatic nitrogens is 2. The van der Waals surface area contributed by atoms with Crippen molar-refractivity contribution in [1.29, 1.82) is 0 Å². The fourth-order valence-corrected chi connectivity index (χ4v) is 3.44. The normalized spacial score (nSPS) is 12.9. The SMILES string of the molecule is Cc1cc(NCCNC(=O)c2ccc3c(n2)N(C)CC3)c2ccccc2n1. The van der Waals surface area contributed by atoms with E-state index in [1.807, 2.05) is 50.4 Å². The highest BCUT2D eigenvalue weighted by Gasteiger charge is 2.19. The highest BCUT2D eigenvalue weighted by atomic mass is 16.1. The van der Waals surface area contributed by atoms with Gasteiger partial charge in [-0.2, -0.15) is 0 Å². The molecule has 0 saturated heterocycles. The van der Waals surface area contributed by atoms with Crippen LogP contribution in [0.25, 0.3) is 10.9 Å². The van der Waals surface area contributed by atoms with Crippen LogP contribution >= 0.6 is 0 Å². The summed E-state index contributed by atoms with van der Waals surface area (Å²) in [4.78, 5) is 23.5. The number of rotatable bonds is 5. The van der Waals surface area contributed by atoms with E-state index < -0.39 is 0 Å². The third-order valence-corrected chi connectivity index (χ3v) is 4.84. The number of fused-ring (bicyclic) bond motifs is 2. The third-order valence-electron chi connectivity index (χ3n) is 4.84. The van der Waals surface area contributed by atoms with Crippen LogP contribution in [0.1, 0.15) is 21.7 Å². The summed E-state index contributed by atoms with van der Waals surface area (Å²) < 4.78 is 0. The van der Waals surface area contributed by atoms with E-state index in [-0.39, 0.29) is 5.91 Å². The van der Waals surface area contributed by atoms with Crippen LogP contribution in [0.4, 0.5) is 11.5 Å². The summed E-state index contributed by atoms with van der Waals surface area (Å²) in [6.45, 7) is 4.08. The van der Waals surface area contributed by atoms with E-state index in [1.54, 1.807) is 6.07 Å². The molecule has 2 aromatic heterocycles. The van der Waals surface area contributed by atoms with Crippen LogP contribution in [0, 0.1) is 6.92 Å². The number of benzene rings is 1. The molecule has 0 unspecified atom stereocenters. The topological polar surface area (TPSA) is 70.2 Å². The van der Waals surface area contributed by atoms with Gasteiger partial charge in [-0.3, -0.25) is 9.78 Å². The average Bonchev–Trinajstić information content (AvgIpc) is 3.05. The molecule has 0 atom stereocenters. The number of aryl methyl sites for hydroxylation is 1. The molecule has 3 heterocycles. The van der Waals surface area contributed by atoms with Gasteiger partial charge in [0.15, 0.2) is 0 Å². The van der Waals surface area contributed by atoms with Crippen LogP contribution in [0.15, 0.2) is 42.5 Å². The maximum atomic E-state index is 12.4. The number of hydrogen-bond acceptors (Lipinski definition) is 5. The van der Waals surface area contributed by atoms with E-state index >= 15 is 0 Å². The van der Waals surface area contributed by atoms with Gasteiger partial charge in [-0.05, 0) is 37.1 Å². The molecular weight excluding hydrogens is 338 g/mol. The number of hydrogen-bond donors (Lipinski definition) is 2. The van der Waals surface area contributed by atoms with Crippen LogP contribution in [0.2, 0.25) is 0 Å². The molecule has 1 aromatic carbocycles. The fourth-order valence-electron chi connectivity index (χ4n) is 3.44. The maximum Gasteiger partial charge on any atom is 0.270 e. The van der Waals surface area contributed by atoms with Gasteiger partial charge in [0.05, 0.1) is 5.52 Å². The van der Waals surface area contributed by atoms with Crippen molar-refractivity contribution in [3.8, 4) is 0 Å². The Kier molecular flexibility index (Phi) is 4.62. The lowest BCUT2D eigenvalue weighted by Gasteiger charge is -2.13. The molecular formula is C21H23N5O. The molecule has 1 amide bonds. The summed E-state index contributed by atoms with van der Waals surface area (Å²) >= 11 is 0. The Labute approximate surface area is 158 Å². The summed E-state index contributed by atoms with van der Waals surface area (Å²) in [5.74, 6) is 0.773. The molecule has 2 N–H and O–H groups in total. The van der Waals surface area contributed by atoms with E-state index in [1.165, 1.54) is 5.56 Å². The minimum Gasteiger partial charge on any atom is -0.383 e. The monoisotopic (exact) mass is 361 g/mol. The molecule has 1 aliphatic heterocycles. The molecule has 3 aromatic rings. The van der Waals surface area contributed by atoms with E-state index in [4.69, 9.17) is 0 Å². The summed E-state index contributed by atoms with van der Waals surface area (Å²) in [5.41, 5.74) is 4.63. The Morgan fingerprint density at radius 3 is 2.89 bits per heavy atom. The van der Waals surface area contributed by atoms with Crippen LogP contribution in [0.5, 0.6) is 0 Å². The number of likely N-dealkylation sites (N-methyl/N-ethyl adjacent to an activating group) is 1. The van der Waals surface area contributed by atoms with Crippen molar-refractivity contribution in [1.82, 2.24) is 15.3 Å². The van der Waals surface area contributed by atoms with Gasteiger partial charge in [0, 0.05) is 43.4 Å². The van der Waals surface area contributed by atoms with Gasteiger partial charge in [0.1, 0.15) is 11.5 Å². The zero-order chi connectivity index (χ0) is 18.8. The predicted octanol–water partition coefficient (Wildman–Crippen LogP) is 2.77. The number of para-hydroxylation sites is 1. The molecule has 0 aliphatic carbocycles. The van der Waals surface area contributed by atoms with Crippen molar-refractivity contribution in [3.05, 3.63) is 59.4 Å². The first-order valence-electron chi connectivity index (χ1n) is 9.21. The maximum absolute atomic E-state index is 12.4. The number of nitrogens with one attached hydrogen (secondary N) is 2. The second-order valence-corrected chi connectivity index (χ2v) is 6.86. The number of anilines is 2. The number of nitrogens with zero attached hydrogens (tertiary/aromatic N) is 3. The van der Waals surface area contributed by atoms with Crippen LogP contribution in [-0.4, -0.2) is 42.6 Å². The molecule has 4 rings (SSSR count). The first kappa shape index (κ1) is 17.3. The average molecular weight is 361 g/mol. The lowest BCUT2D eigenvalue weighted by molar-refractivity contribution is 0.0950. The second-order valence-electron chi connectivity index (χ2n) is 6.86. The molecule has 0 radical (unpaired) electrons. The Hall–Kier alpha value is -3.15. The summed E-state index contributed by atoms with van der Waals surface area (Å²) in [7, 11) is 2.01.